The Morgan fingerprint density at radius 3 is 2.15 bits per heavy atom. The summed E-state index contributed by atoms with van der Waals surface area (Å²) >= 11 is 0. The highest BCUT2D eigenvalue weighted by atomic mass is 15.3. The molecule has 0 heterocycles. The molecule has 0 aliphatic carbocycles. The number of hydrogen-bond donors (Lipinski definition) is 0. The van der Waals surface area contributed by atoms with Crippen LogP contribution in [0.2, 0.25) is 0 Å². The number of rotatable bonds is 6. The lowest BCUT2D eigenvalue weighted by molar-refractivity contribution is 0.215. The normalized spacial score (nSPS) is 10.3. The van der Waals surface area contributed by atoms with E-state index in [4.69, 9.17) is 0 Å². The molecule has 0 saturated carbocycles. The Morgan fingerprint density at radius 1 is 1.31 bits per heavy atom. The maximum Gasteiger partial charge on any atom is 0.0964 e. The molecule has 0 atom stereocenters. The summed E-state index contributed by atoms with van der Waals surface area (Å²) in [5.41, 5.74) is 0. The average molecular weight is 184 g/mol. The Labute approximate surface area is 83.2 Å². The fourth-order valence-electron chi connectivity index (χ4n) is 1.26. The van der Waals surface area contributed by atoms with Crippen molar-refractivity contribution >= 4 is 0 Å². The quantitative estimate of drug-likeness (QED) is 0.626. The van der Waals surface area contributed by atoms with Gasteiger partial charge in [-0.2, -0.15) is 0 Å². The highest BCUT2D eigenvalue weighted by Gasteiger charge is 2.10. The van der Waals surface area contributed by atoms with E-state index in [1.54, 1.807) is 0 Å². The molecule has 0 amide bonds. The third kappa shape index (κ3) is 3.71. The fraction of sp³-hybridized carbons (Fsp3) is 0.818. The van der Waals surface area contributed by atoms with Crippen LogP contribution < -0.4 is 0 Å². The third-order valence-corrected chi connectivity index (χ3v) is 2.42. The Bertz CT molecular complexity index is 152. The second kappa shape index (κ2) is 5.90. The van der Waals surface area contributed by atoms with Crippen LogP contribution in [0, 0.1) is 0 Å². The van der Waals surface area contributed by atoms with Gasteiger partial charge in [-0.1, -0.05) is 13.5 Å². The lowest BCUT2D eigenvalue weighted by atomic mass is 10.3. The van der Waals surface area contributed by atoms with Gasteiger partial charge in [0.05, 0.1) is 5.82 Å². The summed E-state index contributed by atoms with van der Waals surface area (Å²) in [7, 11) is 2.10. The number of nitrogens with zero attached hydrogens (tertiary/aromatic N) is 2. The van der Waals surface area contributed by atoms with E-state index in [1.807, 2.05) is 0 Å². The van der Waals surface area contributed by atoms with E-state index in [0.717, 1.165) is 18.9 Å². The van der Waals surface area contributed by atoms with Crippen LogP contribution in [0.5, 0.6) is 0 Å². The summed E-state index contributed by atoms with van der Waals surface area (Å²) in [5, 5.41) is 0. The minimum atomic E-state index is 0.526. The molecule has 0 radical (unpaired) electrons. The van der Waals surface area contributed by atoms with E-state index in [2.05, 4.69) is 51.1 Å². The molecule has 2 heteroatoms. The average Bonchev–Trinajstić information content (AvgIpc) is 2.11. The van der Waals surface area contributed by atoms with Crippen LogP contribution in [0.3, 0.4) is 0 Å². The van der Waals surface area contributed by atoms with E-state index in [-0.39, 0.29) is 0 Å². The SMILES string of the molecule is C=C(N(CC)CCC)N(C)C(C)C. The van der Waals surface area contributed by atoms with Gasteiger partial charge in [-0.05, 0) is 27.2 Å². The van der Waals surface area contributed by atoms with Crippen molar-refractivity contribution in [2.24, 2.45) is 0 Å². The first-order valence-corrected chi connectivity index (χ1v) is 5.21. The minimum absolute atomic E-state index is 0.526. The predicted octanol–water partition coefficient (Wildman–Crippen LogP) is 2.53. The second-order valence-electron chi connectivity index (χ2n) is 3.70. The zero-order valence-electron chi connectivity index (χ0n) is 9.80. The molecule has 0 saturated heterocycles. The highest BCUT2D eigenvalue weighted by molar-refractivity contribution is 4.93. The molecular formula is C11H24N2. The maximum atomic E-state index is 4.12. The predicted molar refractivity (Wildman–Crippen MR) is 59.6 cm³/mol. The van der Waals surface area contributed by atoms with Crippen molar-refractivity contribution in [3.8, 4) is 0 Å². The molecule has 0 rings (SSSR count). The lowest BCUT2D eigenvalue weighted by Gasteiger charge is -2.34. The van der Waals surface area contributed by atoms with Gasteiger partial charge < -0.3 is 9.80 Å². The Morgan fingerprint density at radius 2 is 1.85 bits per heavy atom. The van der Waals surface area contributed by atoms with E-state index >= 15 is 0 Å². The second-order valence-corrected chi connectivity index (χ2v) is 3.70. The molecule has 78 valence electrons. The Hall–Kier alpha value is -0.660. The zero-order valence-corrected chi connectivity index (χ0v) is 9.80. The van der Waals surface area contributed by atoms with Crippen LogP contribution in [-0.4, -0.2) is 36.0 Å². The zero-order chi connectivity index (χ0) is 10.4. The summed E-state index contributed by atoms with van der Waals surface area (Å²) in [6, 6.07) is 0.526. The van der Waals surface area contributed by atoms with Crippen LogP contribution >= 0.6 is 0 Å². The van der Waals surface area contributed by atoms with Gasteiger partial charge in [0.15, 0.2) is 0 Å². The summed E-state index contributed by atoms with van der Waals surface area (Å²) in [4.78, 5) is 4.54. The fourth-order valence-corrected chi connectivity index (χ4v) is 1.26. The van der Waals surface area contributed by atoms with Crippen molar-refractivity contribution in [1.82, 2.24) is 9.80 Å². The molecule has 0 aromatic rings. The molecule has 13 heavy (non-hydrogen) atoms. The maximum absolute atomic E-state index is 4.12. The smallest absolute Gasteiger partial charge is 0.0964 e. The standard InChI is InChI=1S/C11H24N2/c1-7-9-13(8-2)11(5)12(6)10(3)4/h10H,5,7-9H2,1-4,6H3. The summed E-state index contributed by atoms with van der Waals surface area (Å²) in [5.74, 6) is 1.14. The van der Waals surface area contributed by atoms with Gasteiger partial charge in [0, 0.05) is 26.2 Å². The molecular weight excluding hydrogens is 160 g/mol. The van der Waals surface area contributed by atoms with Crippen LogP contribution in [0.1, 0.15) is 34.1 Å². The van der Waals surface area contributed by atoms with Crippen LogP contribution in [0.4, 0.5) is 0 Å². The largest absolute Gasteiger partial charge is 0.359 e. The van der Waals surface area contributed by atoms with Gasteiger partial charge in [-0.15, -0.1) is 0 Å². The summed E-state index contributed by atoms with van der Waals surface area (Å²) < 4.78 is 0. The van der Waals surface area contributed by atoms with E-state index in [9.17, 15) is 0 Å². The Kier molecular flexibility index (Phi) is 5.60. The first kappa shape index (κ1) is 12.3. The molecule has 2 nitrogen and oxygen atoms in total. The molecule has 0 fully saturated rings. The third-order valence-electron chi connectivity index (χ3n) is 2.42. The van der Waals surface area contributed by atoms with E-state index < -0.39 is 0 Å². The minimum Gasteiger partial charge on any atom is -0.359 e. The molecule has 0 spiro atoms. The van der Waals surface area contributed by atoms with Crippen LogP contribution in [0.25, 0.3) is 0 Å². The van der Waals surface area contributed by atoms with Gasteiger partial charge in [0.1, 0.15) is 0 Å². The lowest BCUT2D eigenvalue weighted by Crippen LogP contribution is -2.36. The molecule has 0 unspecified atom stereocenters. The highest BCUT2D eigenvalue weighted by Crippen LogP contribution is 2.09. The van der Waals surface area contributed by atoms with Crippen molar-refractivity contribution in [3.63, 3.8) is 0 Å². The van der Waals surface area contributed by atoms with E-state index in [1.165, 1.54) is 6.42 Å². The Balaban J connectivity index is 4.19. The summed E-state index contributed by atoms with van der Waals surface area (Å²) in [6.07, 6.45) is 1.18. The van der Waals surface area contributed by atoms with Crippen LogP contribution in [-0.2, 0) is 0 Å². The molecule has 0 bridgehead atoms. The van der Waals surface area contributed by atoms with Crippen molar-refractivity contribution in [2.45, 2.75) is 40.2 Å². The molecule has 0 aliphatic heterocycles. The molecule has 0 N–H and O–H groups in total. The first-order chi connectivity index (χ1) is 6.04. The first-order valence-electron chi connectivity index (χ1n) is 5.21. The van der Waals surface area contributed by atoms with Gasteiger partial charge in [-0.25, -0.2) is 0 Å². The summed E-state index contributed by atoms with van der Waals surface area (Å²) in [6.45, 7) is 15.0. The van der Waals surface area contributed by atoms with Crippen molar-refractivity contribution in [2.75, 3.05) is 20.1 Å². The van der Waals surface area contributed by atoms with Crippen molar-refractivity contribution < 1.29 is 0 Å². The van der Waals surface area contributed by atoms with Crippen molar-refractivity contribution in [3.05, 3.63) is 12.4 Å². The van der Waals surface area contributed by atoms with Gasteiger partial charge in [0.25, 0.3) is 0 Å². The molecule has 0 aromatic heterocycles. The van der Waals surface area contributed by atoms with Gasteiger partial charge in [0.2, 0.25) is 0 Å². The van der Waals surface area contributed by atoms with Gasteiger partial charge >= 0.3 is 0 Å². The molecule has 0 aromatic carbocycles. The van der Waals surface area contributed by atoms with E-state index in [0.29, 0.717) is 6.04 Å². The monoisotopic (exact) mass is 184 g/mol. The van der Waals surface area contributed by atoms with Gasteiger partial charge in [-0.3, -0.25) is 0 Å². The van der Waals surface area contributed by atoms with Crippen LogP contribution in [0.15, 0.2) is 12.4 Å². The molecule has 0 aliphatic rings. The van der Waals surface area contributed by atoms with Crippen molar-refractivity contribution in [1.29, 1.82) is 0 Å². The number of hydrogen-bond acceptors (Lipinski definition) is 2. The topological polar surface area (TPSA) is 6.48 Å².